The van der Waals surface area contributed by atoms with E-state index in [9.17, 15) is 39.6 Å². The van der Waals surface area contributed by atoms with E-state index in [1.807, 2.05) is 0 Å². The molecule has 3 amide bonds. The third kappa shape index (κ3) is 23.7. The summed E-state index contributed by atoms with van der Waals surface area (Å²) in [6.45, 7) is 23.8. The number of hydrogen-bond acceptors (Lipinski definition) is 12. The Balaban J connectivity index is 0.000000258. The van der Waals surface area contributed by atoms with E-state index < -0.39 is 30.1 Å². The highest BCUT2D eigenvalue weighted by Gasteiger charge is 2.34. The summed E-state index contributed by atoms with van der Waals surface area (Å²) in [6.07, 6.45) is 19.9. The maximum atomic E-state index is 12.0. The van der Waals surface area contributed by atoms with E-state index >= 15 is 0 Å². The molecule has 21 nitrogen and oxygen atoms in total. The van der Waals surface area contributed by atoms with Crippen molar-refractivity contribution in [3.05, 3.63) is 34.3 Å². The van der Waals surface area contributed by atoms with Crippen LogP contribution in [0.2, 0.25) is 0 Å². The van der Waals surface area contributed by atoms with Gasteiger partial charge in [0.15, 0.2) is 0 Å². The normalized spacial score (nSPS) is 22.5. The number of nitrogens with zero attached hydrogens (tertiary/aromatic N) is 6. The molecule has 3 aliphatic heterocycles. The summed E-state index contributed by atoms with van der Waals surface area (Å²) in [4.78, 5) is 50.2. The van der Waals surface area contributed by atoms with Crippen LogP contribution in [0.4, 0.5) is 0 Å². The van der Waals surface area contributed by atoms with Crippen molar-refractivity contribution in [3.8, 4) is 0 Å². The quantitative estimate of drug-likeness (QED) is 0.0620. The Morgan fingerprint density at radius 3 is 1.06 bits per heavy atom. The zero-order valence-electron chi connectivity index (χ0n) is 40.8. The number of rotatable bonds is 19. The SMILES string of the molecule is NCCS(=O)(=O)NC1CCCCC1.[C-]#[N+][C@@H]1CCCN1C(=O)CBr.[C-]#[N+][C@@H]1CCCN1C(=O)CNCCS(=O)(=O)NC1CCCCC1.[C-]#[N+][C@@H]1CCCN1C(=O)CNCCS(=O)(=O)NC1CCCCC1. The van der Waals surface area contributed by atoms with Gasteiger partial charge in [0, 0.05) is 76.7 Å². The summed E-state index contributed by atoms with van der Waals surface area (Å²) >= 11 is 3.09. The first kappa shape index (κ1) is 61.3. The molecule has 398 valence electrons. The molecule has 3 heterocycles. The summed E-state index contributed by atoms with van der Waals surface area (Å²) in [5, 5.41) is 6.11. The smallest absolute Gasteiger partial charge is 0.300 e. The molecule has 0 bridgehead atoms. The van der Waals surface area contributed by atoms with E-state index in [1.54, 1.807) is 14.7 Å². The van der Waals surface area contributed by atoms with Crippen LogP contribution in [0.25, 0.3) is 14.5 Å². The molecule has 0 unspecified atom stereocenters. The number of alkyl halides is 1. The van der Waals surface area contributed by atoms with Gasteiger partial charge in [-0.3, -0.25) is 43.6 Å². The van der Waals surface area contributed by atoms with Gasteiger partial charge in [0.2, 0.25) is 47.8 Å². The van der Waals surface area contributed by atoms with Crippen molar-refractivity contribution in [1.29, 1.82) is 0 Å². The second kappa shape index (κ2) is 32.9. The lowest BCUT2D eigenvalue weighted by Crippen LogP contribution is -2.43. The molecule has 3 saturated carbocycles. The molecule has 0 aromatic heterocycles. The van der Waals surface area contributed by atoms with Crippen LogP contribution >= 0.6 is 15.9 Å². The molecular formula is C45H79BrN12O9S3. The first-order valence-corrected chi connectivity index (χ1v) is 31.2. The van der Waals surface area contributed by atoms with Crippen molar-refractivity contribution in [1.82, 2.24) is 39.5 Å². The molecule has 70 heavy (non-hydrogen) atoms. The van der Waals surface area contributed by atoms with Crippen LogP contribution in [0.1, 0.15) is 135 Å². The summed E-state index contributed by atoms with van der Waals surface area (Å²) in [5.74, 6) is -0.221. The second-order valence-corrected chi connectivity index (χ2v) is 24.8. The van der Waals surface area contributed by atoms with Crippen LogP contribution < -0.4 is 30.5 Å². The van der Waals surface area contributed by atoms with Gasteiger partial charge in [-0.1, -0.05) is 73.7 Å². The Morgan fingerprint density at radius 1 is 0.471 bits per heavy atom. The lowest BCUT2D eigenvalue weighted by molar-refractivity contribution is -0.131. The maximum Gasteiger partial charge on any atom is 0.300 e. The molecular weight excluding hydrogens is 1030 g/mol. The van der Waals surface area contributed by atoms with E-state index in [0.717, 1.165) is 122 Å². The van der Waals surface area contributed by atoms with Crippen LogP contribution in [0.3, 0.4) is 0 Å². The average molecular weight is 1110 g/mol. The predicted molar refractivity (Wildman–Crippen MR) is 274 cm³/mol. The number of sulfonamides is 3. The highest BCUT2D eigenvalue weighted by Crippen LogP contribution is 2.22. The maximum absolute atomic E-state index is 12.0. The lowest BCUT2D eigenvalue weighted by atomic mass is 9.96. The van der Waals surface area contributed by atoms with Crippen molar-refractivity contribution < 1.29 is 39.6 Å². The van der Waals surface area contributed by atoms with E-state index in [1.165, 1.54) is 19.3 Å². The highest BCUT2D eigenvalue weighted by atomic mass is 79.9. The molecule has 3 saturated heterocycles. The van der Waals surface area contributed by atoms with Crippen molar-refractivity contribution >= 4 is 63.7 Å². The molecule has 6 rings (SSSR count). The van der Waals surface area contributed by atoms with Gasteiger partial charge in [0.05, 0.1) is 35.7 Å². The summed E-state index contributed by atoms with van der Waals surface area (Å²) in [6, 6.07) is 0.295. The van der Waals surface area contributed by atoms with Gasteiger partial charge in [-0.2, -0.15) is 0 Å². The Hall–Kier alpha value is -3.03. The van der Waals surface area contributed by atoms with Crippen LogP contribution in [0.5, 0.6) is 0 Å². The molecule has 0 aromatic carbocycles. The number of hydrogen-bond donors (Lipinski definition) is 6. The molecule has 3 atom stereocenters. The minimum Gasteiger partial charge on any atom is -0.329 e. The molecule has 0 spiro atoms. The van der Waals surface area contributed by atoms with Gasteiger partial charge in [-0.05, 0) is 57.8 Å². The zero-order chi connectivity index (χ0) is 51.4. The number of likely N-dealkylation sites (tertiary alicyclic amines) is 3. The van der Waals surface area contributed by atoms with Crippen molar-refractivity contribution in [2.75, 3.05) is 74.9 Å². The number of nitrogens with two attached hydrogens (primary N) is 1. The van der Waals surface area contributed by atoms with E-state index in [-0.39, 0.29) is 104 Å². The van der Waals surface area contributed by atoms with Crippen molar-refractivity contribution in [2.24, 2.45) is 5.73 Å². The van der Waals surface area contributed by atoms with E-state index in [0.29, 0.717) is 18.4 Å². The Morgan fingerprint density at radius 2 is 0.771 bits per heavy atom. The molecule has 0 radical (unpaired) electrons. The van der Waals surface area contributed by atoms with Gasteiger partial charge in [-0.15, -0.1) is 0 Å². The van der Waals surface area contributed by atoms with Crippen LogP contribution in [0.15, 0.2) is 0 Å². The third-order valence-electron chi connectivity index (χ3n) is 13.1. The molecule has 3 aliphatic carbocycles. The molecule has 7 N–H and O–H groups in total. The Labute approximate surface area is 427 Å². The first-order valence-electron chi connectivity index (χ1n) is 25.1. The molecule has 0 aromatic rings. The summed E-state index contributed by atoms with van der Waals surface area (Å²) in [7, 11) is -9.71. The van der Waals surface area contributed by atoms with Gasteiger partial charge >= 0.3 is 18.5 Å². The monoisotopic (exact) mass is 1110 g/mol. The minimum atomic E-state index is -3.30. The number of nitrogens with one attached hydrogen (secondary N) is 5. The highest BCUT2D eigenvalue weighted by molar-refractivity contribution is 9.09. The lowest BCUT2D eigenvalue weighted by Gasteiger charge is -2.22. The standard InChI is InChI=1S/2C15H26N4O3S.C8H18N2O2S.C7H9BrN2O/c2*1-16-14-8-5-10-19(14)15(20)12-17-9-11-23(21,22)18-13-6-3-2-4-7-13;9-6-7-13(11,12)10-8-4-2-1-3-5-8;1-9-6-3-2-4-10(6)7(11)5-8/h2*13-14,17-18H,2-12H2;8,10H,1-7,9H2;6H,2-5H2/t2*14-;;6-/m00.0/s1. The van der Waals surface area contributed by atoms with Crippen LogP contribution in [-0.2, 0) is 44.5 Å². The summed E-state index contributed by atoms with van der Waals surface area (Å²) in [5.41, 5.74) is 5.20. The van der Waals surface area contributed by atoms with Crippen molar-refractivity contribution in [3.63, 3.8) is 0 Å². The predicted octanol–water partition coefficient (Wildman–Crippen LogP) is 2.84. The Kier molecular flexibility index (Phi) is 28.8. The van der Waals surface area contributed by atoms with Gasteiger partial charge < -0.3 is 16.4 Å². The number of carbonyl (C=O) groups is 3. The second-order valence-electron chi connectivity index (χ2n) is 18.6. The molecule has 6 aliphatic rings. The third-order valence-corrected chi connectivity index (χ3v) is 17.9. The topological polar surface area (TPSA) is 263 Å². The van der Waals surface area contributed by atoms with E-state index in [4.69, 9.17) is 25.5 Å². The number of carbonyl (C=O) groups excluding carboxylic acids is 3. The minimum absolute atomic E-state index is 0.0248. The van der Waals surface area contributed by atoms with Gasteiger partial charge in [0.1, 0.15) is 0 Å². The van der Waals surface area contributed by atoms with Gasteiger partial charge in [0.25, 0.3) is 0 Å². The average Bonchev–Trinajstić information content (AvgIpc) is 4.15. The first-order chi connectivity index (χ1) is 33.5. The summed E-state index contributed by atoms with van der Waals surface area (Å²) < 4.78 is 78.9. The van der Waals surface area contributed by atoms with Crippen molar-refractivity contribution in [2.45, 2.75) is 171 Å². The van der Waals surface area contributed by atoms with E-state index in [2.05, 4.69) is 55.3 Å². The Bertz CT molecular complexity index is 1970. The van der Waals surface area contributed by atoms with Gasteiger partial charge in [-0.25, -0.2) is 59.1 Å². The number of halogens is 1. The zero-order valence-corrected chi connectivity index (χ0v) is 44.9. The molecule has 25 heteroatoms. The van der Waals surface area contributed by atoms with Crippen LogP contribution in [0, 0.1) is 19.7 Å². The number of amides is 3. The molecule has 6 fully saturated rings. The van der Waals surface area contributed by atoms with Crippen LogP contribution in [-0.4, -0.2) is 169 Å². The largest absolute Gasteiger partial charge is 0.329 e. The fraction of sp³-hybridized carbons (Fsp3) is 0.867. The fourth-order valence-electron chi connectivity index (χ4n) is 9.36. The fourth-order valence-corrected chi connectivity index (χ4v) is 13.4.